The predicted molar refractivity (Wildman–Crippen MR) is 200 cm³/mol. The largest absolute Gasteiger partial charge is 0.462 e. The van der Waals surface area contributed by atoms with E-state index < -0.39 is 11.9 Å². The summed E-state index contributed by atoms with van der Waals surface area (Å²) in [5.41, 5.74) is 7.36. The maximum atomic E-state index is 13.0. The van der Waals surface area contributed by atoms with Gasteiger partial charge in [-0.1, -0.05) is 35.7 Å². The number of carbonyl (C=O) groups is 4. The number of rotatable bonds is 9. The Kier molecular flexibility index (Phi) is 10.5. The minimum Gasteiger partial charge on any atom is -0.462 e. The van der Waals surface area contributed by atoms with Crippen LogP contribution in [0.4, 0.5) is 22.7 Å². The highest BCUT2D eigenvalue weighted by Crippen LogP contribution is 2.36. The quantitative estimate of drug-likeness (QED) is 0.162. The third-order valence-corrected chi connectivity index (χ3v) is 9.79. The van der Waals surface area contributed by atoms with Crippen molar-refractivity contribution in [2.45, 2.75) is 27.7 Å². The molecule has 4 aromatic rings. The fraction of sp³-hybridized carbons (Fsp3) is 0.211. The molecule has 0 aliphatic carbocycles. The number of amides is 2. The summed E-state index contributed by atoms with van der Waals surface area (Å²) in [7, 11) is 0. The molecule has 6 rings (SSSR count). The van der Waals surface area contributed by atoms with Crippen LogP contribution in [0.25, 0.3) is 11.1 Å². The van der Waals surface area contributed by atoms with Crippen LogP contribution in [-0.4, -0.2) is 58.8 Å². The summed E-state index contributed by atoms with van der Waals surface area (Å²) in [6, 6.07) is 25.5. The Hall–Kier alpha value is -5.20. The van der Waals surface area contributed by atoms with E-state index in [9.17, 15) is 19.2 Å². The summed E-state index contributed by atoms with van der Waals surface area (Å²) >= 11 is 2.74. The van der Waals surface area contributed by atoms with Gasteiger partial charge in [-0.3, -0.25) is 19.4 Å². The molecule has 2 heterocycles. The molecule has 2 fully saturated rings. The molecular formula is C38H34N4O6S2. The van der Waals surface area contributed by atoms with Crippen LogP contribution in [0, 0.1) is 13.8 Å². The standard InChI is InChI=1S/C38H34N4O6S2/c1-5-47-35(45)25-7-13-29(14-8-25)39-37-41(33(43)21-49-37)31-17-11-27(19-23(31)3)28-12-18-32(24(4)20-28)42-34(44)22-50-38(42)40-30-15-9-26(10-16-30)36(46)48-6-2/h7-20H,5-6,21-22H2,1-4H3. The molecule has 0 spiro atoms. The summed E-state index contributed by atoms with van der Waals surface area (Å²) in [6.45, 7) is 8.04. The van der Waals surface area contributed by atoms with Crippen molar-refractivity contribution in [1.82, 2.24) is 0 Å². The lowest BCUT2D eigenvalue weighted by Crippen LogP contribution is -2.29. The van der Waals surface area contributed by atoms with Gasteiger partial charge in [0.15, 0.2) is 10.3 Å². The van der Waals surface area contributed by atoms with Crippen LogP contribution in [0.5, 0.6) is 0 Å². The van der Waals surface area contributed by atoms with E-state index in [4.69, 9.17) is 19.5 Å². The van der Waals surface area contributed by atoms with Gasteiger partial charge in [0.05, 0.1) is 58.6 Å². The second-order valence-electron chi connectivity index (χ2n) is 11.4. The van der Waals surface area contributed by atoms with Gasteiger partial charge in [-0.15, -0.1) is 0 Å². The molecule has 2 saturated heterocycles. The Morgan fingerprint density at radius 1 is 0.620 bits per heavy atom. The van der Waals surface area contributed by atoms with Gasteiger partial charge in [-0.05, 0) is 123 Å². The van der Waals surface area contributed by atoms with Crippen molar-refractivity contribution in [3.8, 4) is 11.1 Å². The Bertz CT molecular complexity index is 1900. The maximum absolute atomic E-state index is 13.0. The molecule has 2 aliphatic rings. The van der Waals surface area contributed by atoms with Gasteiger partial charge in [0.25, 0.3) is 0 Å². The minimum absolute atomic E-state index is 0.0616. The minimum atomic E-state index is -0.391. The van der Waals surface area contributed by atoms with E-state index in [0.717, 1.165) is 33.6 Å². The van der Waals surface area contributed by atoms with Crippen LogP contribution in [0.1, 0.15) is 45.7 Å². The molecule has 2 amide bonds. The first kappa shape index (κ1) is 34.7. The van der Waals surface area contributed by atoms with E-state index in [-0.39, 0.29) is 23.3 Å². The number of esters is 2. The second kappa shape index (κ2) is 15.1. The van der Waals surface area contributed by atoms with Crippen LogP contribution in [0.3, 0.4) is 0 Å². The lowest BCUT2D eigenvalue weighted by Gasteiger charge is -2.21. The summed E-state index contributed by atoms with van der Waals surface area (Å²) in [6.07, 6.45) is 0. The van der Waals surface area contributed by atoms with Crippen molar-refractivity contribution in [1.29, 1.82) is 0 Å². The molecule has 2 aliphatic heterocycles. The number of nitrogens with zero attached hydrogens (tertiary/aromatic N) is 4. The Labute approximate surface area is 298 Å². The van der Waals surface area contributed by atoms with Gasteiger partial charge in [-0.2, -0.15) is 0 Å². The van der Waals surface area contributed by atoms with Gasteiger partial charge in [-0.25, -0.2) is 19.6 Å². The Morgan fingerprint density at radius 2 is 1.00 bits per heavy atom. The highest BCUT2D eigenvalue weighted by Gasteiger charge is 2.32. The molecule has 0 atom stereocenters. The van der Waals surface area contributed by atoms with Crippen molar-refractivity contribution < 1.29 is 28.7 Å². The van der Waals surface area contributed by atoms with Crippen LogP contribution >= 0.6 is 23.5 Å². The van der Waals surface area contributed by atoms with E-state index in [1.807, 2.05) is 50.2 Å². The van der Waals surface area contributed by atoms with Gasteiger partial charge in [0.1, 0.15) is 0 Å². The summed E-state index contributed by atoms with van der Waals surface area (Å²) < 4.78 is 10.1. The van der Waals surface area contributed by atoms with E-state index >= 15 is 0 Å². The number of hydrogen-bond acceptors (Lipinski definition) is 10. The third kappa shape index (κ3) is 7.36. The van der Waals surface area contributed by atoms with Crippen molar-refractivity contribution in [2.75, 3.05) is 34.5 Å². The number of hydrogen-bond donors (Lipinski definition) is 0. The van der Waals surface area contributed by atoms with Crippen molar-refractivity contribution in [3.63, 3.8) is 0 Å². The van der Waals surface area contributed by atoms with E-state index in [2.05, 4.69) is 0 Å². The molecule has 0 radical (unpaired) electrons. The number of carbonyl (C=O) groups excluding carboxylic acids is 4. The number of ether oxygens (including phenoxy) is 2. The fourth-order valence-electron chi connectivity index (χ4n) is 5.53. The first-order valence-electron chi connectivity index (χ1n) is 16.0. The number of aryl methyl sites for hydroxylation is 2. The molecule has 50 heavy (non-hydrogen) atoms. The van der Waals surface area contributed by atoms with E-state index in [0.29, 0.717) is 46.1 Å². The Balaban J connectivity index is 1.22. The topological polar surface area (TPSA) is 118 Å². The average Bonchev–Trinajstić information content (AvgIpc) is 3.65. The molecular weight excluding hydrogens is 673 g/mol. The SMILES string of the molecule is CCOC(=O)c1ccc(N=C2SCC(=O)N2c2ccc(-c3ccc(N4C(=O)CSC4=Nc4ccc(C(=O)OCC)cc4)c(C)c3)cc2C)cc1. The molecule has 0 aromatic heterocycles. The molecule has 12 heteroatoms. The van der Waals surface area contributed by atoms with Gasteiger partial charge < -0.3 is 9.47 Å². The highest BCUT2D eigenvalue weighted by atomic mass is 32.2. The van der Waals surface area contributed by atoms with Gasteiger partial charge in [0, 0.05) is 0 Å². The predicted octanol–water partition coefficient (Wildman–Crippen LogP) is 7.86. The van der Waals surface area contributed by atoms with Crippen LogP contribution in [-0.2, 0) is 19.1 Å². The second-order valence-corrected chi connectivity index (χ2v) is 13.2. The van der Waals surface area contributed by atoms with Gasteiger partial charge >= 0.3 is 11.9 Å². The van der Waals surface area contributed by atoms with E-state index in [1.54, 1.807) is 72.2 Å². The summed E-state index contributed by atoms with van der Waals surface area (Å²) in [5.74, 6) is -0.351. The zero-order chi connectivity index (χ0) is 35.4. The first-order valence-corrected chi connectivity index (χ1v) is 18.0. The zero-order valence-electron chi connectivity index (χ0n) is 28.0. The molecule has 10 nitrogen and oxygen atoms in total. The third-order valence-electron chi connectivity index (χ3n) is 7.95. The molecule has 0 N–H and O–H groups in total. The average molecular weight is 707 g/mol. The number of benzene rings is 4. The zero-order valence-corrected chi connectivity index (χ0v) is 29.6. The van der Waals surface area contributed by atoms with Crippen molar-refractivity contribution in [3.05, 3.63) is 107 Å². The highest BCUT2D eigenvalue weighted by molar-refractivity contribution is 8.15. The summed E-state index contributed by atoms with van der Waals surface area (Å²) in [4.78, 5) is 62.8. The monoisotopic (exact) mass is 706 g/mol. The number of amidine groups is 2. The van der Waals surface area contributed by atoms with Crippen LogP contribution in [0.15, 0.2) is 94.9 Å². The first-order chi connectivity index (χ1) is 24.2. The molecule has 4 aromatic carbocycles. The number of aliphatic imine (C=N–C) groups is 2. The Morgan fingerprint density at radius 3 is 1.34 bits per heavy atom. The van der Waals surface area contributed by atoms with Gasteiger partial charge in [0.2, 0.25) is 11.8 Å². The van der Waals surface area contributed by atoms with Crippen molar-refractivity contribution in [2.24, 2.45) is 9.98 Å². The molecule has 0 saturated carbocycles. The fourth-order valence-corrected chi connectivity index (χ4v) is 7.29. The maximum Gasteiger partial charge on any atom is 0.338 e. The molecule has 254 valence electrons. The van der Waals surface area contributed by atoms with Crippen LogP contribution < -0.4 is 9.80 Å². The van der Waals surface area contributed by atoms with E-state index in [1.165, 1.54) is 23.5 Å². The lowest BCUT2D eigenvalue weighted by atomic mass is 9.99. The lowest BCUT2D eigenvalue weighted by molar-refractivity contribution is -0.115. The number of thioether (sulfide) groups is 2. The van der Waals surface area contributed by atoms with Crippen LogP contribution in [0.2, 0.25) is 0 Å². The normalized spacial score (nSPS) is 16.1. The summed E-state index contributed by atoms with van der Waals surface area (Å²) in [5, 5.41) is 1.13. The molecule has 0 bridgehead atoms. The number of anilines is 2. The smallest absolute Gasteiger partial charge is 0.338 e. The van der Waals surface area contributed by atoms with Crippen molar-refractivity contribution >= 4 is 80.4 Å². The molecule has 0 unspecified atom stereocenters.